The summed E-state index contributed by atoms with van der Waals surface area (Å²) < 4.78 is 0. The summed E-state index contributed by atoms with van der Waals surface area (Å²) in [5.41, 5.74) is 1.33. The summed E-state index contributed by atoms with van der Waals surface area (Å²) in [7, 11) is 1.37. The molecule has 5 atom stereocenters. The molecule has 0 spiro atoms. The third kappa shape index (κ3) is 4.46. The fraction of sp³-hybridized carbons (Fsp3) is 0.714. The third-order valence-electron chi connectivity index (χ3n) is 7.03. The van der Waals surface area contributed by atoms with E-state index in [0.717, 1.165) is 18.8 Å². The van der Waals surface area contributed by atoms with Crippen LogP contribution in [0.5, 0.6) is 0 Å². The molecule has 0 aromatic carbocycles. The Balaban J connectivity index is 1.61. The molecular weight excluding hydrogens is 376 g/mol. The van der Waals surface area contributed by atoms with Gasteiger partial charge in [-0.05, 0) is 31.6 Å². The first-order valence-electron chi connectivity index (χ1n) is 10.5. The van der Waals surface area contributed by atoms with Crippen molar-refractivity contribution >= 4 is 23.8 Å². The maximum Gasteiger partial charge on any atom is 0.308 e. The molecule has 2 fully saturated rings. The molecule has 8 nitrogen and oxygen atoms in total. The van der Waals surface area contributed by atoms with Crippen LogP contribution in [0.3, 0.4) is 0 Å². The summed E-state index contributed by atoms with van der Waals surface area (Å²) in [6, 6.07) is 0. The first-order chi connectivity index (χ1) is 13.8. The van der Waals surface area contributed by atoms with Gasteiger partial charge in [-0.2, -0.15) is 0 Å². The molecule has 4 N–H and O–H groups in total. The zero-order valence-corrected chi connectivity index (χ0v) is 16.7. The van der Waals surface area contributed by atoms with Gasteiger partial charge in [-0.15, -0.1) is 0 Å². The number of aliphatic carboxylic acids is 2. The molecule has 0 radical (unpaired) electrons. The van der Waals surface area contributed by atoms with E-state index in [1.807, 2.05) is 0 Å². The molecule has 8 heteroatoms. The second kappa shape index (κ2) is 8.97. The van der Waals surface area contributed by atoms with Crippen LogP contribution in [0.15, 0.2) is 11.6 Å². The number of hydrogen-bond acceptors (Lipinski definition) is 4. The van der Waals surface area contributed by atoms with Gasteiger partial charge in [0.25, 0.3) is 0 Å². The maximum atomic E-state index is 12.8. The first kappa shape index (κ1) is 21.3. The van der Waals surface area contributed by atoms with Crippen molar-refractivity contribution < 1.29 is 29.4 Å². The average Bonchev–Trinajstić information content (AvgIpc) is 3.03. The van der Waals surface area contributed by atoms with E-state index in [2.05, 4.69) is 16.7 Å². The Morgan fingerprint density at radius 3 is 2.24 bits per heavy atom. The highest BCUT2D eigenvalue weighted by Gasteiger charge is 2.55. The molecule has 2 amide bonds. The van der Waals surface area contributed by atoms with Crippen molar-refractivity contribution in [3.05, 3.63) is 11.6 Å². The number of hydrogen-bond donors (Lipinski definition) is 4. The third-order valence-corrected chi connectivity index (χ3v) is 7.03. The second-order valence-electron chi connectivity index (χ2n) is 8.58. The van der Waals surface area contributed by atoms with Crippen LogP contribution in [0.4, 0.5) is 0 Å². The smallest absolute Gasteiger partial charge is 0.308 e. The van der Waals surface area contributed by atoms with Gasteiger partial charge in [0.15, 0.2) is 0 Å². The second-order valence-corrected chi connectivity index (χ2v) is 8.58. The normalized spacial score (nSPS) is 31.2. The highest BCUT2D eigenvalue weighted by Crippen LogP contribution is 2.43. The van der Waals surface area contributed by atoms with E-state index >= 15 is 0 Å². The van der Waals surface area contributed by atoms with Crippen molar-refractivity contribution in [2.24, 2.45) is 35.5 Å². The summed E-state index contributed by atoms with van der Waals surface area (Å²) in [5, 5.41) is 24.3. The summed E-state index contributed by atoms with van der Waals surface area (Å²) in [6.45, 7) is 0.384. The number of nitrogens with one attached hydrogen (secondary N) is 2. The van der Waals surface area contributed by atoms with Crippen LogP contribution in [-0.4, -0.2) is 47.6 Å². The van der Waals surface area contributed by atoms with Gasteiger partial charge in [0.2, 0.25) is 11.8 Å². The average molecular weight is 406 g/mol. The number of carboxylic acid groups (broad SMARTS) is 2. The molecule has 0 heterocycles. The monoisotopic (exact) mass is 406 g/mol. The van der Waals surface area contributed by atoms with Gasteiger partial charge in [0, 0.05) is 19.5 Å². The van der Waals surface area contributed by atoms with Gasteiger partial charge >= 0.3 is 11.9 Å². The molecule has 0 aromatic heterocycles. The zero-order valence-electron chi connectivity index (χ0n) is 16.7. The van der Waals surface area contributed by atoms with E-state index in [9.17, 15) is 29.4 Å². The lowest BCUT2D eigenvalue weighted by Crippen LogP contribution is -2.44. The molecular formula is C21H30N2O6. The number of carbonyl (C=O) groups is 4. The molecule has 3 aliphatic carbocycles. The lowest BCUT2D eigenvalue weighted by Gasteiger charge is -2.32. The highest BCUT2D eigenvalue weighted by atomic mass is 16.4. The van der Waals surface area contributed by atoms with Gasteiger partial charge in [-0.1, -0.05) is 30.9 Å². The molecule has 160 valence electrons. The Hall–Kier alpha value is -2.38. The van der Waals surface area contributed by atoms with E-state index in [1.54, 1.807) is 0 Å². The van der Waals surface area contributed by atoms with Crippen molar-refractivity contribution in [2.75, 3.05) is 13.6 Å². The van der Waals surface area contributed by atoms with Gasteiger partial charge < -0.3 is 20.8 Å². The molecule has 0 bridgehead atoms. The lowest BCUT2D eigenvalue weighted by molar-refractivity contribution is -0.153. The van der Waals surface area contributed by atoms with Crippen molar-refractivity contribution in [3.63, 3.8) is 0 Å². The van der Waals surface area contributed by atoms with Crippen LogP contribution in [0.25, 0.3) is 0 Å². The van der Waals surface area contributed by atoms with Gasteiger partial charge in [0.1, 0.15) is 0 Å². The summed E-state index contributed by atoms with van der Waals surface area (Å²) in [4.78, 5) is 48.4. The number of rotatable bonds is 9. The standard InChI is InChI=1S/C21H30N2O6/c1-22-18(24)14-9-15(20(26)27)16(17(14)21(28)29)19(25)23-10-13-8-7-12(13)6-5-11-3-2-4-11/h7,11,13-17H,2-6,8-10H2,1H3,(H,22,24)(H,23,25)(H,26,27)(H,28,29). The SMILES string of the molecule is CNC(=O)C1CC(C(=O)O)C(C(=O)NCC2CC=C2CCC2CCC2)C1C(=O)O. The number of amides is 2. The Labute approximate surface area is 170 Å². The molecule has 3 rings (SSSR count). The molecule has 5 unspecified atom stereocenters. The lowest BCUT2D eigenvalue weighted by atomic mass is 9.76. The van der Waals surface area contributed by atoms with E-state index in [-0.39, 0.29) is 12.3 Å². The van der Waals surface area contributed by atoms with Gasteiger partial charge in [0.05, 0.1) is 23.7 Å². The first-order valence-corrected chi connectivity index (χ1v) is 10.5. The van der Waals surface area contributed by atoms with E-state index in [1.165, 1.54) is 38.3 Å². The molecule has 0 aromatic rings. The minimum absolute atomic E-state index is 0.153. The van der Waals surface area contributed by atoms with E-state index in [0.29, 0.717) is 6.54 Å². The van der Waals surface area contributed by atoms with E-state index < -0.39 is 47.4 Å². The van der Waals surface area contributed by atoms with Crippen molar-refractivity contribution in [1.29, 1.82) is 0 Å². The van der Waals surface area contributed by atoms with Gasteiger partial charge in [-0.25, -0.2) is 0 Å². The Bertz CT molecular complexity index is 714. The highest BCUT2D eigenvalue weighted by molar-refractivity contribution is 5.94. The molecule has 2 saturated carbocycles. The van der Waals surface area contributed by atoms with Crippen molar-refractivity contribution in [2.45, 2.75) is 44.9 Å². The maximum absolute atomic E-state index is 12.8. The van der Waals surface area contributed by atoms with Crippen LogP contribution in [0.1, 0.15) is 44.9 Å². The largest absolute Gasteiger partial charge is 0.481 e. The number of allylic oxidation sites excluding steroid dienone is 1. The molecule has 0 saturated heterocycles. The van der Waals surface area contributed by atoms with Crippen LogP contribution in [-0.2, 0) is 19.2 Å². The Kier molecular flexibility index (Phi) is 6.59. The van der Waals surface area contributed by atoms with E-state index in [4.69, 9.17) is 0 Å². The fourth-order valence-electron chi connectivity index (χ4n) is 4.91. The predicted molar refractivity (Wildman–Crippen MR) is 104 cm³/mol. The van der Waals surface area contributed by atoms with Crippen LogP contribution >= 0.6 is 0 Å². The van der Waals surface area contributed by atoms with Crippen LogP contribution in [0, 0.1) is 35.5 Å². The Morgan fingerprint density at radius 2 is 1.76 bits per heavy atom. The molecule has 0 aliphatic heterocycles. The fourth-order valence-corrected chi connectivity index (χ4v) is 4.91. The van der Waals surface area contributed by atoms with Crippen LogP contribution in [0.2, 0.25) is 0 Å². The number of carbonyl (C=O) groups excluding carboxylic acids is 2. The quantitative estimate of drug-likeness (QED) is 0.428. The summed E-state index contributed by atoms with van der Waals surface area (Å²) in [6.07, 6.45) is 9.03. The number of carboxylic acids is 2. The minimum atomic E-state index is -1.34. The topological polar surface area (TPSA) is 133 Å². The van der Waals surface area contributed by atoms with Crippen molar-refractivity contribution in [3.8, 4) is 0 Å². The summed E-state index contributed by atoms with van der Waals surface area (Å²) >= 11 is 0. The van der Waals surface area contributed by atoms with Gasteiger partial charge in [-0.3, -0.25) is 19.2 Å². The molecule has 3 aliphatic rings. The summed E-state index contributed by atoms with van der Waals surface area (Å²) in [5.74, 6) is -7.44. The van der Waals surface area contributed by atoms with Crippen molar-refractivity contribution in [1.82, 2.24) is 10.6 Å². The molecule has 29 heavy (non-hydrogen) atoms. The Morgan fingerprint density at radius 1 is 1.03 bits per heavy atom. The minimum Gasteiger partial charge on any atom is -0.481 e. The zero-order chi connectivity index (χ0) is 21.1. The predicted octanol–water partition coefficient (Wildman–Crippen LogP) is 1.41. The van der Waals surface area contributed by atoms with Crippen LogP contribution < -0.4 is 10.6 Å².